The van der Waals surface area contributed by atoms with Gasteiger partial charge in [0.2, 0.25) is 0 Å². The second kappa shape index (κ2) is 24.6. The van der Waals surface area contributed by atoms with Crippen molar-refractivity contribution in [1.29, 1.82) is 0 Å². The number of carbonyl (C=O) groups excluding carboxylic acids is 4. The van der Waals surface area contributed by atoms with Crippen molar-refractivity contribution in [2.24, 2.45) is 0 Å². The standard InChI is InChI=1S/C22H32FN3O3.C13H18N2O.C10H16BrFO2/c1-6-25(7-2)20(27)18-8-9-19-17(12-18)10-11-26(19)15-16(13-23)14-24-21(28)29-22(3,4)5;1-3-15(4-2)13(16)11-5-6-12-10(9-11)7-8-14-12;1-10(2,3)14-9(13)5-4-8(6-11)7-12/h8-9,12-13H,6-7,10-11,14-15H2,1-5H3,(H,24,28);5-6,9,14H,3-4,7-8H2,1-2H3;7H,4-6H2,1-3H3/b16-13+;;8-7+. The number of nitrogens with one attached hydrogen (secondary N) is 2. The molecule has 2 aromatic rings. The van der Waals surface area contributed by atoms with E-state index in [1.165, 1.54) is 11.3 Å². The van der Waals surface area contributed by atoms with Gasteiger partial charge in [0.05, 0.1) is 12.7 Å². The van der Waals surface area contributed by atoms with E-state index in [2.05, 4.69) is 31.5 Å². The molecule has 11 nitrogen and oxygen atoms in total. The van der Waals surface area contributed by atoms with Crippen molar-refractivity contribution < 1.29 is 37.4 Å². The third-order valence-electron chi connectivity index (χ3n) is 9.28. The molecule has 2 aromatic carbocycles. The van der Waals surface area contributed by atoms with Crippen LogP contribution in [-0.2, 0) is 27.1 Å². The van der Waals surface area contributed by atoms with Crippen LogP contribution < -0.4 is 15.5 Å². The minimum Gasteiger partial charge on any atom is -0.460 e. The molecule has 0 bridgehead atoms. The molecule has 0 aliphatic carbocycles. The lowest BCUT2D eigenvalue weighted by Crippen LogP contribution is -2.35. The molecule has 4 rings (SSSR count). The molecule has 0 spiro atoms. The second-order valence-corrected chi connectivity index (χ2v) is 16.7. The van der Waals surface area contributed by atoms with E-state index in [1.54, 1.807) is 46.4 Å². The first kappa shape index (κ1) is 50.7. The molecule has 2 N–H and O–H groups in total. The number of nitrogens with zero attached hydrogens (tertiary/aromatic N) is 3. The highest BCUT2D eigenvalue weighted by Gasteiger charge is 2.24. The Kier molecular flexibility index (Phi) is 21.1. The zero-order valence-corrected chi connectivity index (χ0v) is 38.3. The quantitative estimate of drug-likeness (QED) is 0.142. The number of rotatable bonds is 14. The molecule has 14 heteroatoms. The summed E-state index contributed by atoms with van der Waals surface area (Å²) in [4.78, 5) is 53.4. The van der Waals surface area contributed by atoms with Gasteiger partial charge in [0.25, 0.3) is 11.8 Å². The minimum absolute atomic E-state index is 0.0298. The minimum atomic E-state index is -0.599. The Labute approximate surface area is 359 Å². The van der Waals surface area contributed by atoms with Crippen LogP contribution in [0.25, 0.3) is 0 Å². The molecule has 0 aromatic heterocycles. The Morgan fingerprint density at radius 2 is 1.32 bits per heavy atom. The predicted molar refractivity (Wildman–Crippen MR) is 237 cm³/mol. The summed E-state index contributed by atoms with van der Waals surface area (Å²) in [6.07, 6.45) is 2.93. The van der Waals surface area contributed by atoms with Gasteiger partial charge in [0.15, 0.2) is 0 Å². The molecular weight excluding hydrogens is 824 g/mol. The number of amides is 3. The van der Waals surface area contributed by atoms with E-state index in [-0.39, 0.29) is 30.7 Å². The maximum absolute atomic E-state index is 13.4. The lowest BCUT2D eigenvalue weighted by Gasteiger charge is -2.23. The van der Waals surface area contributed by atoms with E-state index in [9.17, 15) is 28.0 Å². The predicted octanol–water partition coefficient (Wildman–Crippen LogP) is 9.40. The molecule has 0 atom stereocenters. The van der Waals surface area contributed by atoms with Gasteiger partial charge in [-0.2, -0.15) is 0 Å². The molecule has 2 heterocycles. The van der Waals surface area contributed by atoms with E-state index in [1.807, 2.05) is 69.0 Å². The van der Waals surface area contributed by atoms with Crippen LogP contribution in [0.3, 0.4) is 0 Å². The molecule has 2 aliphatic rings. The Morgan fingerprint density at radius 3 is 1.83 bits per heavy atom. The smallest absolute Gasteiger partial charge is 0.407 e. The summed E-state index contributed by atoms with van der Waals surface area (Å²) >= 11 is 3.13. The fourth-order valence-electron chi connectivity index (χ4n) is 6.27. The number of fused-ring (bicyclic) bond motifs is 2. The van der Waals surface area contributed by atoms with Crippen molar-refractivity contribution in [3.63, 3.8) is 0 Å². The average Bonchev–Trinajstić information content (AvgIpc) is 3.83. The number of carbonyl (C=O) groups is 4. The molecule has 0 unspecified atom stereocenters. The molecule has 0 saturated carbocycles. The van der Waals surface area contributed by atoms with E-state index in [4.69, 9.17) is 9.47 Å². The normalized spacial score (nSPS) is 13.4. The van der Waals surface area contributed by atoms with E-state index >= 15 is 0 Å². The van der Waals surface area contributed by atoms with Crippen LogP contribution in [0, 0.1) is 0 Å². The number of halogens is 3. The van der Waals surface area contributed by atoms with Gasteiger partial charge in [0, 0.05) is 86.6 Å². The van der Waals surface area contributed by atoms with Crippen LogP contribution in [0.5, 0.6) is 0 Å². The van der Waals surface area contributed by atoms with Crippen LogP contribution in [0.2, 0.25) is 0 Å². The summed E-state index contributed by atoms with van der Waals surface area (Å²) < 4.78 is 35.7. The lowest BCUT2D eigenvalue weighted by atomic mass is 10.1. The van der Waals surface area contributed by atoms with E-state index in [0.29, 0.717) is 60.8 Å². The summed E-state index contributed by atoms with van der Waals surface area (Å²) in [7, 11) is 0. The summed E-state index contributed by atoms with van der Waals surface area (Å²) in [5, 5.41) is 6.34. The van der Waals surface area contributed by atoms with Gasteiger partial charge in [-0.15, -0.1) is 0 Å². The number of benzene rings is 2. The third kappa shape index (κ3) is 17.3. The van der Waals surface area contributed by atoms with Crippen LogP contribution in [-0.4, -0.2) is 103 Å². The first-order valence-electron chi connectivity index (χ1n) is 20.5. The average molecular weight is 891 g/mol. The van der Waals surface area contributed by atoms with Gasteiger partial charge in [0.1, 0.15) is 11.2 Å². The Balaban J connectivity index is 0.000000337. The number of alkyl halides is 1. The van der Waals surface area contributed by atoms with Crippen LogP contribution in [0.4, 0.5) is 25.0 Å². The third-order valence-corrected chi connectivity index (χ3v) is 10.0. The highest BCUT2D eigenvalue weighted by Crippen LogP contribution is 2.30. The molecule has 0 fully saturated rings. The van der Waals surface area contributed by atoms with Crippen LogP contribution in [0.15, 0.2) is 60.2 Å². The highest BCUT2D eigenvalue weighted by atomic mass is 79.9. The fourth-order valence-corrected chi connectivity index (χ4v) is 6.67. The van der Waals surface area contributed by atoms with Crippen molar-refractivity contribution in [2.45, 2.75) is 106 Å². The van der Waals surface area contributed by atoms with Gasteiger partial charge < -0.3 is 34.8 Å². The second-order valence-electron chi connectivity index (χ2n) is 16.1. The number of esters is 1. The maximum Gasteiger partial charge on any atom is 0.407 e. The molecule has 2 aliphatic heterocycles. The summed E-state index contributed by atoms with van der Waals surface area (Å²) in [6.45, 7) is 23.8. The van der Waals surface area contributed by atoms with Gasteiger partial charge in [-0.05, 0) is 147 Å². The van der Waals surface area contributed by atoms with Gasteiger partial charge in [-0.1, -0.05) is 15.9 Å². The Morgan fingerprint density at radius 1 is 0.780 bits per heavy atom. The van der Waals surface area contributed by atoms with Crippen molar-refractivity contribution in [2.75, 3.05) is 67.9 Å². The van der Waals surface area contributed by atoms with Crippen molar-refractivity contribution in [3.05, 3.63) is 82.5 Å². The molecule has 59 heavy (non-hydrogen) atoms. The Hall–Kier alpha value is -4.46. The van der Waals surface area contributed by atoms with Crippen molar-refractivity contribution in [1.82, 2.24) is 15.1 Å². The molecule has 328 valence electrons. The largest absolute Gasteiger partial charge is 0.460 e. The van der Waals surface area contributed by atoms with Crippen molar-refractivity contribution >= 4 is 51.2 Å². The zero-order chi connectivity index (χ0) is 44.3. The number of ether oxygens (including phenoxy) is 2. The van der Waals surface area contributed by atoms with Crippen LogP contribution >= 0.6 is 15.9 Å². The van der Waals surface area contributed by atoms with E-state index in [0.717, 1.165) is 55.8 Å². The van der Waals surface area contributed by atoms with Gasteiger partial charge >= 0.3 is 12.1 Å². The SMILES string of the molecule is CC(C)(C)OC(=O)CC/C(=C\F)CBr.CCN(CC)C(=O)c1ccc2c(c1)CCN2.CCN(CC)C(=O)c1ccc2c(c1)CCN2C/C(=C/F)CNC(=O)OC(C)(C)C. The fraction of sp³-hybridized carbons (Fsp3) is 0.556. The topological polar surface area (TPSA) is 121 Å². The molecular formula is C45H66BrF2N5O6. The summed E-state index contributed by atoms with van der Waals surface area (Å²) in [5.41, 5.74) is 5.97. The number of hydrogen-bond donors (Lipinski definition) is 2. The molecule has 0 radical (unpaired) electrons. The first-order chi connectivity index (χ1) is 27.8. The van der Waals surface area contributed by atoms with Crippen molar-refractivity contribution in [3.8, 4) is 0 Å². The van der Waals surface area contributed by atoms with E-state index < -0.39 is 17.3 Å². The van der Waals surface area contributed by atoms with Gasteiger partial charge in [-0.25, -0.2) is 13.6 Å². The zero-order valence-electron chi connectivity index (χ0n) is 36.7. The lowest BCUT2D eigenvalue weighted by molar-refractivity contribution is -0.154. The number of hydrogen-bond acceptors (Lipinski definition) is 8. The number of alkyl carbamates (subject to hydrolysis) is 1. The highest BCUT2D eigenvalue weighted by molar-refractivity contribution is 9.09. The number of anilines is 2. The first-order valence-corrected chi connectivity index (χ1v) is 21.6. The maximum atomic E-state index is 13.4. The van der Waals surface area contributed by atoms with Crippen LogP contribution in [0.1, 0.15) is 114 Å². The van der Waals surface area contributed by atoms with Gasteiger partial charge in [-0.3, -0.25) is 14.4 Å². The monoisotopic (exact) mass is 889 g/mol. The summed E-state index contributed by atoms with van der Waals surface area (Å²) in [5.74, 6) is -0.125. The summed E-state index contributed by atoms with van der Waals surface area (Å²) in [6, 6.07) is 11.6. The molecule has 0 saturated heterocycles. The Bertz CT molecular complexity index is 1760. The molecule has 3 amide bonds. The number of allylic oxidation sites excluding steroid dienone is 1.